The number of aromatic hydroxyl groups is 1. The number of aromatic nitrogens is 2. The van der Waals surface area contributed by atoms with Crippen LogP contribution in [0.4, 0.5) is 0 Å². The van der Waals surface area contributed by atoms with Crippen molar-refractivity contribution in [2.75, 3.05) is 13.2 Å². The van der Waals surface area contributed by atoms with E-state index < -0.39 is 249 Å². The fourth-order valence-corrected chi connectivity index (χ4v) is 11.8. The molecule has 14 atom stereocenters. The minimum atomic E-state index is -6.02. The molecule has 44 heteroatoms. The second-order valence-electron chi connectivity index (χ2n) is 25.1. The summed E-state index contributed by atoms with van der Waals surface area (Å²) in [4.78, 5) is 263. The molecule has 4 heterocycles. The summed E-state index contributed by atoms with van der Waals surface area (Å²) >= 11 is 0. The number of aliphatic hydroxyl groups excluding tert-OH is 1. The molecule has 2 aliphatic rings. The second-order valence-corrected chi connectivity index (χ2v) is 26.3. The Morgan fingerprint density at radius 3 is 1.87 bits per heavy atom. The number of cyclic esters (lactones) is 1. The smallest absolute Gasteiger partial charge is 0.470 e. The Labute approximate surface area is 619 Å². The van der Waals surface area contributed by atoms with Crippen molar-refractivity contribution in [1.29, 1.82) is 0 Å². The van der Waals surface area contributed by atoms with Gasteiger partial charge in [0.2, 0.25) is 65.1 Å². The van der Waals surface area contributed by atoms with Gasteiger partial charge in [-0.05, 0) is 60.7 Å². The van der Waals surface area contributed by atoms with Gasteiger partial charge in [0.15, 0.2) is 12.2 Å². The lowest BCUT2D eigenvalue weighted by atomic mass is 9.96. The Morgan fingerprint density at radius 1 is 0.682 bits per heavy atom. The molecule has 2 saturated heterocycles. The van der Waals surface area contributed by atoms with Crippen molar-refractivity contribution in [1.82, 2.24) is 68.5 Å². The van der Waals surface area contributed by atoms with E-state index in [1.54, 1.807) is 54.0 Å². The SMILES string of the molecule is CCCC1OC1C(=O)N[C@@H](CO)C(=O)N[C@@H]1C(=O)N[C@H](Cc2c[nH]c3ccccc23)C(=O)N[C@@H](CC(=O)O)C(=O)N[C@@H](C(=O)O)C(=O)N[C@H](c2ccc(O)cc2)C(=O)N[C@@H](CC(=O)O)C(=O)NCC(=O)N[C@H]([C@H](OP(=O)(O)O)C(N)=O)C(=O)N[C@@H](C(C)CC(=O)O)C(=O)N/C(=C/c2c[nH]c3ccccc23)C(=O)O[C@@H]1C. The predicted molar refractivity (Wildman–Crippen MR) is 370 cm³/mol. The summed E-state index contributed by atoms with van der Waals surface area (Å²) in [5.41, 5.74) is 5.06. The van der Waals surface area contributed by atoms with Gasteiger partial charge in [-0.3, -0.25) is 76.4 Å². The van der Waals surface area contributed by atoms with Crippen LogP contribution < -0.4 is 64.2 Å². The van der Waals surface area contributed by atoms with Crippen molar-refractivity contribution < 1.29 is 140 Å². The summed E-state index contributed by atoms with van der Waals surface area (Å²) in [5, 5.41) is 84.4. The van der Waals surface area contributed by atoms with Gasteiger partial charge in [0, 0.05) is 46.2 Å². The van der Waals surface area contributed by atoms with Crippen LogP contribution in [0, 0.1) is 5.92 Å². The molecule has 3 aromatic carbocycles. The maximum atomic E-state index is 15.3. The van der Waals surface area contributed by atoms with Gasteiger partial charge in [0.25, 0.3) is 11.8 Å². The molecule has 0 spiro atoms. The molecule has 0 radical (unpaired) electrons. The minimum absolute atomic E-state index is 0.0313. The number of aliphatic hydroxyl groups is 1. The van der Waals surface area contributed by atoms with Gasteiger partial charge in [-0.1, -0.05) is 68.8 Å². The number of aliphatic carboxylic acids is 4. The van der Waals surface area contributed by atoms with E-state index in [1.807, 2.05) is 21.3 Å². The number of H-pyrrole nitrogens is 2. The number of phosphoric acid groups is 1. The van der Waals surface area contributed by atoms with Crippen molar-refractivity contribution in [3.05, 3.63) is 108 Å². The number of nitrogens with two attached hydrogens (primary N) is 1. The average Bonchev–Trinajstić information content (AvgIpc) is 1.51. The number of hydrogen-bond acceptors (Lipinski definition) is 23. The van der Waals surface area contributed by atoms with Crippen LogP contribution in [0.25, 0.3) is 27.9 Å². The number of fused-ring (bicyclic) bond motifs is 2. The number of primary amides is 1. The first-order valence-corrected chi connectivity index (χ1v) is 34.7. The number of carbonyl (C=O) groups is 17. The largest absolute Gasteiger partial charge is 0.508 e. The van der Waals surface area contributed by atoms with Crippen molar-refractivity contribution in [2.24, 2.45) is 11.7 Å². The van der Waals surface area contributed by atoms with Crippen molar-refractivity contribution >= 4 is 136 Å². The Morgan fingerprint density at radius 2 is 1.27 bits per heavy atom. The van der Waals surface area contributed by atoms with Gasteiger partial charge in [0.1, 0.15) is 65.9 Å². The molecule has 2 aliphatic heterocycles. The number of benzene rings is 3. The average molecular weight is 1560 g/mol. The summed E-state index contributed by atoms with van der Waals surface area (Å²) in [6.07, 6.45) is -6.94. The van der Waals surface area contributed by atoms with Crippen LogP contribution >= 0.6 is 7.82 Å². The zero-order chi connectivity index (χ0) is 81.2. The fraction of sp³-hybridized carbons (Fsp3) is 0.379. The number of phenolic OH excluding ortho intramolecular Hbond substituents is 1. The number of carboxylic acids is 4. The lowest BCUT2D eigenvalue weighted by Gasteiger charge is -2.30. The van der Waals surface area contributed by atoms with E-state index in [2.05, 4.69) is 41.1 Å². The normalized spacial score (nSPS) is 23.9. The highest BCUT2D eigenvalue weighted by molar-refractivity contribution is 7.46. The number of amides is 12. The molecule has 43 nitrogen and oxygen atoms in total. The van der Waals surface area contributed by atoms with Gasteiger partial charge in [-0.2, -0.15) is 0 Å². The van der Waals surface area contributed by atoms with Crippen molar-refractivity contribution in [3.63, 3.8) is 0 Å². The van der Waals surface area contributed by atoms with Gasteiger partial charge < -0.3 is 124 Å². The van der Waals surface area contributed by atoms with Crippen LogP contribution in [0.3, 0.4) is 0 Å². The molecule has 5 aromatic rings. The quantitative estimate of drug-likeness (QED) is 0.00954. The van der Waals surface area contributed by atoms with Gasteiger partial charge >= 0.3 is 37.7 Å². The molecule has 2 aromatic heterocycles. The molecule has 12 amide bonds. The number of phosphoric ester groups is 1. The summed E-state index contributed by atoms with van der Waals surface area (Å²) in [6, 6.07) is -5.50. The second kappa shape index (κ2) is 37.7. The van der Waals surface area contributed by atoms with Gasteiger partial charge in [0.05, 0.1) is 38.5 Å². The number of carboxylic acid groups (broad SMARTS) is 4. The van der Waals surface area contributed by atoms with Crippen LogP contribution in [0.5, 0.6) is 5.75 Å². The fourth-order valence-electron chi connectivity index (χ4n) is 11.3. The third-order valence-electron chi connectivity index (χ3n) is 16.8. The zero-order valence-corrected chi connectivity index (χ0v) is 59.0. The standard InChI is InChI=1S/C66H77N14O29P/c1-4-9-42-52(108-42)64(100)75-41(26-81)58(94)78-48-28(3)107-66(103)40(20-31-24-69-36-13-8-6-11-34(31)36)74-59(95)47(27(2)18-44(84)85)77-62(98)50(53(54(67)90)109-110(104,105)106)76-43(83)25-70-55(91)38(21-45(86)87)73-61(97)49(29-14-16-32(82)17-15-29)79-63(99)51(65(101)102)80-57(93)39(22-46(88)89)71-56(92)37(72-60(48)96)19-30-23-68-35-12-7-5-10-33(30)35/h5-8,10-17,20,23-24,27-28,37-39,41-42,47-53,68-69,81-82H,4,9,18-19,21-22,25-26H2,1-3H3,(H2,67,90)(H,70,91)(H,71,92)(H,72,96)(H,73,97)(H,74,95)(H,75,100)(H,76,83)(H,77,98)(H,78,94)(H,79,99)(H,80,93)(H,84,85)(H,86,87)(H,88,89)(H,101,102)(H2,104,105,106)/b40-20+/t27?,28-,37-,38+,39+,41+,42?,47+,48+,49-,50-,51-,52?,53+/m1/s1. The van der Waals surface area contributed by atoms with Crippen LogP contribution in [-0.2, 0) is 106 Å². The number of phenols is 1. The summed E-state index contributed by atoms with van der Waals surface area (Å²) in [5.74, 6) is -31.0. The summed E-state index contributed by atoms with van der Waals surface area (Å²) < 4.78 is 28.1. The summed E-state index contributed by atoms with van der Waals surface area (Å²) in [7, 11) is -6.02. The van der Waals surface area contributed by atoms with Crippen LogP contribution in [0.2, 0.25) is 0 Å². The van der Waals surface area contributed by atoms with Crippen LogP contribution in [-0.4, -0.2) is 237 Å². The number of carbonyl (C=O) groups excluding carboxylic acids is 13. The number of ether oxygens (including phenoxy) is 2. The first-order chi connectivity index (χ1) is 51.9. The van der Waals surface area contributed by atoms with Crippen LogP contribution in [0.15, 0.2) is 90.9 Å². The molecule has 23 N–H and O–H groups in total. The van der Waals surface area contributed by atoms with Crippen molar-refractivity contribution in [3.8, 4) is 5.75 Å². The number of epoxide rings is 1. The number of hydrogen-bond donors (Lipinski definition) is 22. The van der Waals surface area contributed by atoms with Gasteiger partial charge in [-0.15, -0.1) is 0 Å². The molecule has 0 aliphatic carbocycles. The van der Waals surface area contributed by atoms with E-state index in [0.29, 0.717) is 34.6 Å². The first kappa shape index (κ1) is 84.6. The van der Waals surface area contributed by atoms with Gasteiger partial charge in [-0.25, -0.2) is 14.2 Å². The number of rotatable bonds is 23. The molecule has 0 bridgehead atoms. The number of nitrogens with one attached hydrogen (secondary N) is 13. The lowest BCUT2D eigenvalue weighted by Crippen LogP contribution is -2.63. The molecule has 0 saturated carbocycles. The van der Waals surface area contributed by atoms with Crippen LogP contribution in [0.1, 0.15) is 75.6 Å². The van der Waals surface area contributed by atoms with E-state index in [-0.39, 0.29) is 11.1 Å². The minimum Gasteiger partial charge on any atom is -0.508 e. The predicted octanol–water partition coefficient (Wildman–Crippen LogP) is -5.48. The first-order valence-electron chi connectivity index (χ1n) is 33.2. The third-order valence-corrected chi connectivity index (χ3v) is 17.3. The molecular formula is C66H77N14O29P. The maximum Gasteiger partial charge on any atom is 0.470 e. The van der Waals surface area contributed by atoms with E-state index >= 15 is 19.2 Å². The Hall–Kier alpha value is -12.7. The zero-order valence-electron chi connectivity index (χ0n) is 58.1. The molecule has 590 valence electrons. The topological polar surface area (TPSA) is 690 Å². The molecular weight excluding hydrogens is 1480 g/mol. The van der Waals surface area contributed by atoms with E-state index in [9.17, 15) is 107 Å². The Balaban J connectivity index is 1.41. The lowest BCUT2D eigenvalue weighted by molar-refractivity contribution is -0.150. The number of esters is 1. The highest BCUT2D eigenvalue weighted by atomic mass is 31.2. The maximum absolute atomic E-state index is 15.3. The van der Waals surface area contributed by atoms with E-state index in [4.69, 9.17) is 15.2 Å². The molecule has 2 fully saturated rings. The highest BCUT2D eigenvalue weighted by Gasteiger charge is 2.47. The summed E-state index contributed by atoms with van der Waals surface area (Å²) in [6.45, 7) is 1.05. The molecule has 7 rings (SSSR count). The number of para-hydroxylation sites is 2. The monoisotopic (exact) mass is 1560 g/mol. The Bertz CT molecular complexity index is 4480. The molecule has 110 heavy (non-hydrogen) atoms. The Kier molecular flexibility index (Phi) is 29.0. The molecule has 3 unspecified atom stereocenters. The number of aromatic amines is 2. The van der Waals surface area contributed by atoms with E-state index in [0.717, 1.165) is 44.2 Å². The van der Waals surface area contributed by atoms with E-state index in [1.165, 1.54) is 24.5 Å². The van der Waals surface area contributed by atoms with Crippen molar-refractivity contribution in [2.45, 2.75) is 138 Å². The third kappa shape index (κ3) is 23.4. The highest BCUT2D eigenvalue weighted by Crippen LogP contribution is 2.38.